The van der Waals surface area contributed by atoms with Gasteiger partial charge in [0, 0.05) is 24.2 Å². The zero-order chi connectivity index (χ0) is 14.5. The van der Waals surface area contributed by atoms with Crippen molar-refractivity contribution in [3.63, 3.8) is 0 Å². The Bertz CT molecular complexity index is 446. The Morgan fingerprint density at radius 1 is 1.52 bits per heavy atom. The third-order valence-corrected chi connectivity index (χ3v) is 4.70. The van der Waals surface area contributed by atoms with Crippen molar-refractivity contribution >= 4 is 39.9 Å². The van der Waals surface area contributed by atoms with Crippen LogP contribution in [0, 0.1) is 5.92 Å². The summed E-state index contributed by atoms with van der Waals surface area (Å²) in [7, 11) is 0. The summed E-state index contributed by atoms with van der Waals surface area (Å²) in [5.74, 6) is 1.46. The number of nitrogens with two attached hydrogens (primary N) is 1. The van der Waals surface area contributed by atoms with Crippen molar-refractivity contribution in [3.8, 4) is 5.75 Å². The summed E-state index contributed by atoms with van der Waals surface area (Å²) >= 11 is 9.38. The molecule has 0 radical (unpaired) electrons. The van der Waals surface area contributed by atoms with Gasteiger partial charge in [-0.05, 0) is 66.4 Å². The van der Waals surface area contributed by atoms with Crippen LogP contribution in [0.2, 0.25) is 5.02 Å². The molecule has 3 nitrogen and oxygen atoms in total. The van der Waals surface area contributed by atoms with Gasteiger partial charge in [-0.15, -0.1) is 12.4 Å². The van der Waals surface area contributed by atoms with E-state index in [1.54, 1.807) is 0 Å². The molecule has 0 aromatic heterocycles. The van der Waals surface area contributed by atoms with E-state index < -0.39 is 0 Å². The molecule has 2 N–H and O–H groups in total. The molecular formula is C15H23BrCl2N2O. The SMILES string of the molecule is CC(N)C1CCCN(CCOc2ccc(Cl)cc2Br)C1.Cl. The molecule has 1 heterocycles. The largest absolute Gasteiger partial charge is 0.491 e. The van der Waals surface area contributed by atoms with Crippen molar-refractivity contribution in [2.24, 2.45) is 11.7 Å². The second kappa shape index (κ2) is 9.21. The number of halogens is 3. The van der Waals surface area contributed by atoms with Crippen molar-refractivity contribution in [2.45, 2.75) is 25.8 Å². The minimum absolute atomic E-state index is 0. The highest BCUT2D eigenvalue weighted by molar-refractivity contribution is 9.10. The second-order valence-electron chi connectivity index (χ2n) is 5.49. The van der Waals surface area contributed by atoms with Crippen LogP contribution in [0.5, 0.6) is 5.75 Å². The predicted molar refractivity (Wildman–Crippen MR) is 94.7 cm³/mol. The van der Waals surface area contributed by atoms with E-state index in [0.717, 1.165) is 29.9 Å². The number of ether oxygens (including phenoxy) is 1. The molecule has 1 aliphatic heterocycles. The van der Waals surface area contributed by atoms with E-state index in [2.05, 4.69) is 27.8 Å². The molecule has 1 aliphatic rings. The fourth-order valence-electron chi connectivity index (χ4n) is 2.60. The summed E-state index contributed by atoms with van der Waals surface area (Å²) in [4.78, 5) is 2.45. The van der Waals surface area contributed by atoms with Crippen molar-refractivity contribution in [2.75, 3.05) is 26.2 Å². The average Bonchev–Trinajstić information content (AvgIpc) is 2.41. The fourth-order valence-corrected chi connectivity index (χ4v) is 3.40. The molecule has 6 heteroatoms. The molecule has 2 unspecified atom stereocenters. The predicted octanol–water partition coefficient (Wildman–Crippen LogP) is 3.96. The quantitative estimate of drug-likeness (QED) is 0.816. The number of rotatable bonds is 5. The first-order valence-electron chi connectivity index (χ1n) is 7.12. The van der Waals surface area contributed by atoms with E-state index in [1.807, 2.05) is 18.2 Å². The number of hydrogen-bond donors (Lipinski definition) is 1. The highest BCUT2D eigenvalue weighted by atomic mass is 79.9. The first kappa shape index (κ1) is 19.0. The highest BCUT2D eigenvalue weighted by Gasteiger charge is 2.22. The summed E-state index contributed by atoms with van der Waals surface area (Å²) in [6, 6.07) is 5.87. The van der Waals surface area contributed by atoms with Gasteiger partial charge < -0.3 is 10.5 Å². The van der Waals surface area contributed by atoms with Crippen LogP contribution in [0.3, 0.4) is 0 Å². The summed E-state index contributed by atoms with van der Waals surface area (Å²) in [5.41, 5.74) is 6.01. The monoisotopic (exact) mass is 396 g/mol. The third-order valence-electron chi connectivity index (χ3n) is 3.84. The Balaban J connectivity index is 0.00000220. The maximum absolute atomic E-state index is 6.01. The van der Waals surface area contributed by atoms with Crippen molar-refractivity contribution < 1.29 is 4.74 Å². The highest BCUT2D eigenvalue weighted by Crippen LogP contribution is 2.28. The summed E-state index contributed by atoms with van der Waals surface area (Å²) in [6.07, 6.45) is 2.48. The molecular weight excluding hydrogens is 375 g/mol. The Morgan fingerprint density at radius 2 is 2.29 bits per heavy atom. The van der Waals surface area contributed by atoms with Crippen LogP contribution in [0.4, 0.5) is 0 Å². The maximum Gasteiger partial charge on any atom is 0.133 e. The summed E-state index contributed by atoms with van der Waals surface area (Å²) in [6.45, 7) is 5.97. The van der Waals surface area contributed by atoms with E-state index >= 15 is 0 Å². The number of piperidine rings is 1. The summed E-state index contributed by atoms with van der Waals surface area (Å²) < 4.78 is 6.71. The lowest BCUT2D eigenvalue weighted by molar-refractivity contribution is 0.137. The molecule has 0 amide bonds. The first-order chi connectivity index (χ1) is 9.56. The van der Waals surface area contributed by atoms with Crippen LogP contribution in [-0.4, -0.2) is 37.2 Å². The van der Waals surface area contributed by atoms with Gasteiger partial charge in [-0.3, -0.25) is 4.90 Å². The van der Waals surface area contributed by atoms with E-state index in [1.165, 1.54) is 12.8 Å². The van der Waals surface area contributed by atoms with Crippen LogP contribution >= 0.6 is 39.9 Å². The molecule has 0 bridgehead atoms. The Morgan fingerprint density at radius 3 is 2.95 bits per heavy atom. The second-order valence-corrected chi connectivity index (χ2v) is 6.78. The smallest absolute Gasteiger partial charge is 0.133 e. The minimum atomic E-state index is 0. The lowest BCUT2D eigenvalue weighted by Gasteiger charge is -2.34. The van der Waals surface area contributed by atoms with Gasteiger partial charge in [-0.25, -0.2) is 0 Å². The topological polar surface area (TPSA) is 38.5 Å². The van der Waals surface area contributed by atoms with E-state index in [0.29, 0.717) is 17.5 Å². The van der Waals surface area contributed by atoms with Gasteiger partial charge in [0.2, 0.25) is 0 Å². The number of likely N-dealkylation sites (tertiary alicyclic amines) is 1. The third kappa shape index (κ3) is 5.95. The molecule has 120 valence electrons. The van der Waals surface area contributed by atoms with E-state index in [9.17, 15) is 0 Å². The van der Waals surface area contributed by atoms with Crippen molar-refractivity contribution in [1.29, 1.82) is 0 Å². The van der Waals surface area contributed by atoms with Gasteiger partial charge in [0.1, 0.15) is 12.4 Å². The average molecular weight is 398 g/mol. The van der Waals surface area contributed by atoms with Crippen LogP contribution in [0.25, 0.3) is 0 Å². The van der Waals surface area contributed by atoms with Gasteiger partial charge in [0.25, 0.3) is 0 Å². The summed E-state index contributed by atoms with van der Waals surface area (Å²) in [5, 5.41) is 0.708. The van der Waals surface area contributed by atoms with Gasteiger partial charge in [0.15, 0.2) is 0 Å². The molecule has 0 aliphatic carbocycles. The molecule has 21 heavy (non-hydrogen) atoms. The lowest BCUT2D eigenvalue weighted by atomic mass is 9.92. The lowest BCUT2D eigenvalue weighted by Crippen LogP contribution is -2.43. The Kier molecular flexibility index (Phi) is 8.35. The minimum Gasteiger partial charge on any atom is -0.491 e. The molecule has 2 rings (SSSR count). The number of nitrogens with zero attached hydrogens (tertiary/aromatic N) is 1. The number of hydrogen-bond acceptors (Lipinski definition) is 3. The van der Waals surface area contributed by atoms with Gasteiger partial charge in [-0.1, -0.05) is 11.6 Å². The van der Waals surface area contributed by atoms with Crippen LogP contribution < -0.4 is 10.5 Å². The molecule has 1 saturated heterocycles. The zero-order valence-corrected chi connectivity index (χ0v) is 15.4. The van der Waals surface area contributed by atoms with Crippen LogP contribution in [-0.2, 0) is 0 Å². The molecule has 0 saturated carbocycles. The van der Waals surface area contributed by atoms with Gasteiger partial charge in [-0.2, -0.15) is 0 Å². The molecule has 1 fully saturated rings. The normalized spacial score (nSPS) is 20.7. The maximum atomic E-state index is 6.01. The fraction of sp³-hybridized carbons (Fsp3) is 0.600. The van der Waals surface area contributed by atoms with Gasteiger partial charge >= 0.3 is 0 Å². The number of benzene rings is 1. The molecule has 1 aromatic rings. The zero-order valence-electron chi connectivity index (χ0n) is 12.2. The molecule has 2 atom stereocenters. The Labute approximate surface area is 146 Å². The standard InChI is InChI=1S/C15H22BrClN2O.ClH/c1-11(18)12-3-2-6-19(10-12)7-8-20-15-5-4-13(17)9-14(15)16;/h4-5,9,11-12H,2-3,6-8,10,18H2,1H3;1H. The van der Waals surface area contributed by atoms with E-state index in [4.69, 9.17) is 22.1 Å². The molecule has 1 aromatic carbocycles. The van der Waals surface area contributed by atoms with Crippen molar-refractivity contribution in [1.82, 2.24) is 4.90 Å². The first-order valence-corrected chi connectivity index (χ1v) is 8.29. The Hall–Kier alpha value is -0.0000000000000000555. The van der Waals surface area contributed by atoms with Crippen LogP contribution in [0.1, 0.15) is 19.8 Å². The van der Waals surface area contributed by atoms with Crippen LogP contribution in [0.15, 0.2) is 22.7 Å². The van der Waals surface area contributed by atoms with Gasteiger partial charge in [0.05, 0.1) is 4.47 Å². The molecule has 0 spiro atoms. The van der Waals surface area contributed by atoms with E-state index in [-0.39, 0.29) is 18.4 Å². The van der Waals surface area contributed by atoms with Crippen molar-refractivity contribution in [3.05, 3.63) is 27.7 Å².